The van der Waals surface area contributed by atoms with Crippen LogP contribution in [0.15, 0.2) is 59.4 Å². The minimum Gasteiger partial charge on any atom is -0.481 e. The molecule has 6 N–H and O–H groups in total. The molecule has 3 atom stereocenters. The number of carbonyl (C=O) groups excluding carboxylic acids is 2. The molecule has 2 amide bonds. The molecule has 0 bridgehead atoms. The van der Waals surface area contributed by atoms with E-state index in [1.54, 1.807) is 24.9 Å². The lowest BCUT2D eigenvalue weighted by molar-refractivity contribution is -0.142. The van der Waals surface area contributed by atoms with Crippen LogP contribution < -0.4 is 21.1 Å². The van der Waals surface area contributed by atoms with Gasteiger partial charge in [0.2, 0.25) is 5.91 Å². The Bertz CT molecular complexity index is 2080. The number of benzene rings is 3. The van der Waals surface area contributed by atoms with Crippen LogP contribution in [0, 0.1) is 12.7 Å². The first kappa shape index (κ1) is 35.2. The monoisotopic (exact) mass is 687 g/mol. The van der Waals surface area contributed by atoms with Crippen LogP contribution in [0.2, 0.25) is 0 Å². The molecule has 50 heavy (non-hydrogen) atoms. The van der Waals surface area contributed by atoms with Gasteiger partial charge in [0.1, 0.15) is 11.9 Å². The fourth-order valence-corrected chi connectivity index (χ4v) is 6.29. The van der Waals surface area contributed by atoms with E-state index in [1.807, 2.05) is 6.07 Å². The largest absolute Gasteiger partial charge is 0.481 e. The number of aliphatic carboxylic acids is 3. The van der Waals surface area contributed by atoms with Gasteiger partial charge in [-0.1, -0.05) is 30.3 Å². The number of nitrogens with one attached hydrogen (secondary N) is 3. The second-order valence-electron chi connectivity index (χ2n) is 12.0. The highest BCUT2D eigenvalue weighted by Gasteiger charge is 2.31. The summed E-state index contributed by atoms with van der Waals surface area (Å²) in [6.45, 7) is 1.69. The number of aromatic nitrogens is 2. The fourth-order valence-electron chi connectivity index (χ4n) is 6.29. The van der Waals surface area contributed by atoms with E-state index in [0.29, 0.717) is 29.6 Å². The Morgan fingerprint density at radius 3 is 2.46 bits per heavy atom. The zero-order valence-electron chi connectivity index (χ0n) is 27.0. The van der Waals surface area contributed by atoms with E-state index in [1.165, 1.54) is 42.5 Å². The van der Waals surface area contributed by atoms with Gasteiger partial charge < -0.3 is 35.8 Å². The summed E-state index contributed by atoms with van der Waals surface area (Å²) < 4.78 is 16.0. The molecule has 1 heterocycles. The first-order chi connectivity index (χ1) is 23.7. The SMILES string of the molecule is Cc1nc2cc3c(cc2c(=O)[nH]1)C(N(C)c1cccc(C(=O)N[C@H](CCC(=O)N[C@H](C(=O)O)c2ccccc2CC(=O)O)C(=O)O)c1F)CC3. The molecule has 4 aromatic rings. The van der Waals surface area contributed by atoms with Crippen molar-refractivity contribution in [3.63, 3.8) is 0 Å². The Labute approximate surface area is 284 Å². The molecule has 5 rings (SSSR count). The fraction of sp³-hybridized carbons (Fsp3) is 0.286. The van der Waals surface area contributed by atoms with Crippen LogP contribution in [-0.2, 0) is 32.0 Å². The zero-order chi connectivity index (χ0) is 36.3. The maximum Gasteiger partial charge on any atom is 0.330 e. The molecule has 0 aliphatic heterocycles. The van der Waals surface area contributed by atoms with Crippen molar-refractivity contribution in [1.82, 2.24) is 20.6 Å². The molecule has 0 fully saturated rings. The van der Waals surface area contributed by atoms with Crippen molar-refractivity contribution >= 4 is 46.3 Å². The quantitative estimate of drug-likeness (QED) is 0.120. The molecule has 0 saturated heterocycles. The van der Waals surface area contributed by atoms with Gasteiger partial charge in [-0.05, 0) is 72.7 Å². The molecule has 1 aromatic heterocycles. The number of aromatic amines is 1. The lowest BCUT2D eigenvalue weighted by Gasteiger charge is -2.28. The van der Waals surface area contributed by atoms with Gasteiger partial charge in [-0.15, -0.1) is 0 Å². The Kier molecular flexibility index (Phi) is 10.2. The summed E-state index contributed by atoms with van der Waals surface area (Å²) in [5.41, 5.74) is 1.92. The molecule has 0 saturated carbocycles. The van der Waals surface area contributed by atoms with Crippen molar-refractivity contribution in [1.29, 1.82) is 0 Å². The van der Waals surface area contributed by atoms with Crippen molar-refractivity contribution in [2.45, 2.75) is 57.2 Å². The maximum absolute atomic E-state index is 16.0. The number of anilines is 1. The Hall–Kier alpha value is -6.12. The molecular weight excluding hydrogens is 653 g/mol. The van der Waals surface area contributed by atoms with Crippen LogP contribution in [0.25, 0.3) is 10.9 Å². The third-order valence-corrected chi connectivity index (χ3v) is 8.72. The molecule has 1 aliphatic rings. The molecule has 1 unspecified atom stereocenters. The van der Waals surface area contributed by atoms with E-state index in [-0.39, 0.29) is 28.4 Å². The summed E-state index contributed by atoms with van der Waals surface area (Å²) in [6, 6.07) is 9.95. The number of carbonyl (C=O) groups is 5. The number of amides is 2. The Balaban J connectivity index is 1.28. The van der Waals surface area contributed by atoms with Crippen LogP contribution in [0.5, 0.6) is 0 Å². The van der Waals surface area contributed by atoms with Crippen LogP contribution in [0.1, 0.15) is 69.8 Å². The van der Waals surface area contributed by atoms with Crippen molar-refractivity contribution in [3.8, 4) is 0 Å². The number of rotatable bonds is 13. The molecule has 14 nitrogen and oxygen atoms in total. The van der Waals surface area contributed by atoms with Crippen molar-refractivity contribution in [2.24, 2.45) is 0 Å². The highest BCUT2D eigenvalue weighted by molar-refractivity contribution is 5.98. The van der Waals surface area contributed by atoms with Gasteiger partial charge in [0.25, 0.3) is 11.5 Å². The molecule has 260 valence electrons. The lowest BCUT2D eigenvalue weighted by atomic mass is 9.97. The first-order valence-corrected chi connectivity index (χ1v) is 15.6. The number of nitrogens with zero attached hydrogens (tertiary/aromatic N) is 2. The van der Waals surface area contributed by atoms with Crippen LogP contribution >= 0.6 is 0 Å². The summed E-state index contributed by atoms with van der Waals surface area (Å²) in [7, 11) is 1.66. The maximum atomic E-state index is 16.0. The number of hydrogen-bond donors (Lipinski definition) is 6. The number of H-pyrrole nitrogens is 1. The number of aryl methyl sites for hydroxylation is 2. The predicted octanol–water partition coefficient (Wildman–Crippen LogP) is 3.03. The smallest absolute Gasteiger partial charge is 0.330 e. The minimum atomic E-state index is -1.64. The van der Waals surface area contributed by atoms with E-state index in [4.69, 9.17) is 0 Å². The van der Waals surface area contributed by atoms with E-state index in [2.05, 4.69) is 20.6 Å². The normalized spacial score (nSPS) is 14.7. The topological polar surface area (TPSA) is 219 Å². The van der Waals surface area contributed by atoms with E-state index >= 15 is 4.39 Å². The van der Waals surface area contributed by atoms with Gasteiger partial charge in [-0.25, -0.2) is 19.0 Å². The first-order valence-electron chi connectivity index (χ1n) is 15.6. The number of halogens is 1. The van der Waals surface area contributed by atoms with E-state index in [9.17, 15) is 44.1 Å². The van der Waals surface area contributed by atoms with Crippen LogP contribution in [0.3, 0.4) is 0 Å². The number of fused-ring (bicyclic) bond motifs is 2. The van der Waals surface area contributed by atoms with Crippen molar-refractivity contribution in [2.75, 3.05) is 11.9 Å². The Morgan fingerprint density at radius 1 is 1.02 bits per heavy atom. The summed E-state index contributed by atoms with van der Waals surface area (Å²) >= 11 is 0. The summed E-state index contributed by atoms with van der Waals surface area (Å²) in [6.07, 6.45) is -0.212. The zero-order valence-corrected chi connectivity index (χ0v) is 27.0. The predicted molar refractivity (Wildman–Crippen MR) is 177 cm³/mol. The number of carboxylic acids is 3. The van der Waals surface area contributed by atoms with Gasteiger partial charge in [-0.3, -0.25) is 19.2 Å². The minimum absolute atomic E-state index is 0.0503. The van der Waals surface area contributed by atoms with Crippen molar-refractivity contribution in [3.05, 3.63) is 104 Å². The standard InChI is InChI=1S/C35H34FN5O9/c1-17-37-25-14-19-10-12-26(22(19)16-23(25)33(46)38-17)41(2)27-9-5-8-21(30(27)36)32(45)39-24(34(47)48)11-13-28(42)40-31(35(49)50)20-7-4-3-6-18(20)15-29(43)44/h3-9,14,16,24,26,31H,10-13,15H2,1-2H3,(H,39,45)(H,40,42)(H,43,44)(H,47,48)(H,49,50)(H,37,38,46)/t24-,26?,31+/m1/s1. The van der Waals surface area contributed by atoms with Gasteiger partial charge >= 0.3 is 17.9 Å². The molecule has 1 aliphatic carbocycles. The summed E-state index contributed by atoms with van der Waals surface area (Å²) in [5.74, 6) is -6.49. The van der Waals surface area contributed by atoms with Gasteiger partial charge in [0.05, 0.1) is 34.6 Å². The number of carboxylic acid groups (broad SMARTS) is 3. The van der Waals surface area contributed by atoms with E-state index in [0.717, 1.165) is 11.1 Å². The highest BCUT2D eigenvalue weighted by atomic mass is 19.1. The average Bonchev–Trinajstić information content (AvgIpc) is 3.47. The van der Waals surface area contributed by atoms with Crippen LogP contribution in [-0.4, -0.2) is 68.1 Å². The van der Waals surface area contributed by atoms with E-state index < -0.39 is 72.4 Å². The molecule has 3 aromatic carbocycles. The lowest BCUT2D eigenvalue weighted by Crippen LogP contribution is -2.42. The van der Waals surface area contributed by atoms with Crippen molar-refractivity contribution < 1.29 is 43.7 Å². The second kappa shape index (κ2) is 14.6. The number of hydrogen-bond acceptors (Lipinski definition) is 8. The second-order valence-corrected chi connectivity index (χ2v) is 12.0. The Morgan fingerprint density at radius 2 is 1.76 bits per heavy atom. The van der Waals surface area contributed by atoms with Crippen LogP contribution in [0.4, 0.5) is 10.1 Å². The van der Waals surface area contributed by atoms with Gasteiger partial charge in [-0.2, -0.15) is 0 Å². The third-order valence-electron chi connectivity index (χ3n) is 8.72. The molecular formula is C35H34FN5O9. The average molecular weight is 688 g/mol. The molecule has 0 spiro atoms. The molecule has 15 heteroatoms. The third kappa shape index (κ3) is 7.46. The van der Waals surface area contributed by atoms with Gasteiger partial charge in [0.15, 0.2) is 11.9 Å². The molecule has 0 radical (unpaired) electrons. The highest BCUT2D eigenvalue weighted by Crippen LogP contribution is 2.40. The van der Waals surface area contributed by atoms with Gasteiger partial charge in [0, 0.05) is 13.5 Å². The summed E-state index contributed by atoms with van der Waals surface area (Å²) in [4.78, 5) is 82.6. The summed E-state index contributed by atoms with van der Waals surface area (Å²) in [5, 5.41) is 33.6.